The first kappa shape index (κ1) is 13.5. The molecule has 1 aromatic carbocycles. The van der Waals surface area contributed by atoms with E-state index in [0.29, 0.717) is 5.69 Å². The fourth-order valence-corrected chi connectivity index (χ4v) is 6.67. The van der Waals surface area contributed by atoms with Crippen molar-refractivity contribution in [3.05, 3.63) is 42.1 Å². The summed E-state index contributed by atoms with van der Waals surface area (Å²) in [5, 5.41) is 0.970. The summed E-state index contributed by atoms with van der Waals surface area (Å²) >= 11 is 0. The van der Waals surface area contributed by atoms with Crippen LogP contribution in [0.4, 0.5) is 5.69 Å². The zero-order valence-corrected chi connectivity index (χ0v) is 13.3. The number of benzene rings is 1. The van der Waals surface area contributed by atoms with Crippen LogP contribution in [0.1, 0.15) is 33.3 Å². The van der Waals surface area contributed by atoms with E-state index in [1.807, 2.05) is 44.3 Å². The standard InChI is InChI=1S/C16H21N2OP/c1-11(2)20(19)14-8-6-5-7-12(14)16(3,4)18-10-9-13(17)15(18)20/h5-11H,17H2,1-4H3. The molecule has 0 amide bonds. The average Bonchev–Trinajstić information content (AvgIpc) is 2.80. The lowest BCUT2D eigenvalue weighted by molar-refractivity contribution is 0.443. The van der Waals surface area contributed by atoms with Gasteiger partial charge in [-0.25, -0.2) is 0 Å². The number of hydrogen-bond acceptors (Lipinski definition) is 2. The minimum atomic E-state index is -2.70. The molecule has 3 rings (SSSR count). The van der Waals surface area contributed by atoms with Crippen molar-refractivity contribution in [1.82, 2.24) is 4.57 Å². The molecule has 0 spiro atoms. The summed E-state index contributed by atoms with van der Waals surface area (Å²) in [6, 6.07) is 9.96. The maximum absolute atomic E-state index is 13.8. The average molecular weight is 288 g/mol. The van der Waals surface area contributed by atoms with Crippen LogP contribution in [0, 0.1) is 0 Å². The van der Waals surface area contributed by atoms with Crippen LogP contribution in [0.2, 0.25) is 0 Å². The Bertz CT molecular complexity index is 728. The molecule has 2 heterocycles. The summed E-state index contributed by atoms with van der Waals surface area (Å²) in [5.41, 5.74) is 8.57. The zero-order valence-electron chi connectivity index (χ0n) is 12.4. The maximum Gasteiger partial charge on any atom is 0.163 e. The molecule has 1 aliphatic heterocycles. The summed E-state index contributed by atoms with van der Waals surface area (Å²) in [7, 11) is -2.70. The van der Waals surface area contributed by atoms with E-state index in [9.17, 15) is 4.57 Å². The summed E-state index contributed by atoms with van der Waals surface area (Å²) in [6.07, 6.45) is 1.97. The number of fused-ring (bicyclic) bond motifs is 2. The van der Waals surface area contributed by atoms with E-state index in [1.54, 1.807) is 0 Å². The van der Waals surface area contributed by atoms with Gasteiger partial charge in [0.1, 0.15) is 5.44 Å². The number of nitrogens with two attached hydrogens (primary N) is 1. The lowest BCUT2D eigenvalue weighted by atomic mass is 9.94. The fourth-order valence-electron chi connectivity index (χ4n) is 3.29. The van der Waals surface area contributed by atoms with Crippen molar-refractivity contribution in [2.45, 2.75) is 38.9 Å². The Balaban J connectivity index is 2.48. The predicted octanol–water partition coefficient (Wildman–Crippen LogP) is 2.89. The minimum absolute atomic E-state index is 0.0377. The zero-order chi connectivity index (χ0) is 14.7. The Hall–Kier alpha value is -1.47. The molecule has 106 valence electrons. The number of rotatable bonds is 1. The van der Waals surface area contributed by atoms with Crippen LogP contribution in [0.15, 0.2) is 36.5 Å². The predicted molar refractivity (Wildman–Crippen MR) is 85.7 cm³/mol. The number of nitrogens with zero attached hydrogens (tertiary/aromatic N) is 1. The lowest BCUT2D eigenvalue weighted by Gasteiger charge is -2.41. The van der Waals surface area contributed by atoms with Crippen LogP contribution >= 0.6 is 7.14 Å². The van der Waals surface area contributed by atoms with Gasteiger partial charge >= 0.3 is 0 Å². The molecular weight excluding hydrogens is 267 g/mol. The Morgan fingerprint density at radius 2 is 1.85 bits per heavy atom. The molecule has 0 saturated carbocycles. The second-order valence-electron chi connectivity index (χ2n) is 6.29. The van der Waals surface area contributed by atoms with Crippen LogP contribution in [-0.2, 0) is 10.1 Å². The molecule has 2 N–H and O–H groups in total. The van der Waals surface area contributed by atoms with Gasteiger partial charge in [-0.15, -0.1) is 0 Å². The number of anilines is 1. The molecule has 1 aliphatic rings. The van der Waals surface area contributed by atoms with Gasteiger partial charge in [0.05, 0.1) is 11.2 Å². The SMILES string of the molecule is CC(C)P1(=O)c2ccccc2C(C)(C)n2ccc(N)c21. The van der Waals surface area contributed by atoms with E-state index < -0.39 is 7.14 Å². The smallest absolute Gasteiger partial charge is 0.163 e. The van der Waals surface area contributed by atoms with E-state index in [0.717, 1.165) is 16.3 Å². The van der Waals surface area contributed by atoms with E-state index in [2.05, 4.69) is 24.5 Å². The lowest BCUT2D eigenvalue weighted by Crippen LogP contribution is -2.47. The molecular formula is C16H21N2OP. The number of nitrogen functional groups attached to an aromatic ring is 1. The van der Waals surface area contributed by atoms with Gasteiger partial charge in [-0.2, -0.15) is 0 Å². The van der Waals surface area contributed by atoms with E-state index in [4.69, 9.17) is 5.73 Å². The maximum atomic E-state index is 13.8. The van der Waals surface area contributed by atoms with Crippen molar-refractivity contribution in [2.75, 3.05) is 5.73 Å². The monoisotopic (exact) mass is 288 g/mol. The summed E-state index contributed by atoms with van der Waals surface area (Å²) < 4.78 is 15.9. The first-order valence-electron chi connectivity index (χ1n) is 6.99. The molecule has 3 nitrogen and oxygen atoms in total. The third kappa shape index (κ3) is 1.44. The Labute approximate surface area is 120 Å². The molecule has 0 bridgehead atoms. The van der Waals surface area contributed by atoms with Gasteiger partial charge in [0, 0.05) is 17.2 Å². The van der Waals surface area contributed by atoms with Gasteiger partial charge in [0.15, 0.2) is 7.14 Å². The number of hydrogen-bond donors (Lipinski definition) is 1. The fraction of sp³-hybridized carbons (Fsp3) is 0.375. The topological polar surface area (TPSA) is 48.0 Å². The van der Waals surface area contributed by atoms with Gasteiger partial charge in [0.25, 0.3) is 0 Å². The van der Waals surface area contributed by atoms with Crippen LogP contribution in [0.5, 0.6) is 0 Å². The quantitative estimate of drug-likeness (QED) is 0.820. The van der Waals surface area contributed by atoms with Crippen molar-refractivity contribution in [1.29, 1.82) is 0 Å². The third-order valence-corrected chi connectivity index (χ3v) is 8.12. The normalized spacial score (nSPS) is 23.4. The van der Waals surface area contributed by atoms with Crippen molar-refractivity contribution >= 4 is 23.6 Å². The van der Waals surface area contributed by atoms with E-state index in [1.165, 1.54) is 0 Å². The minimum Gasteiger partial charge on any atom is -0.397 e. The molecule has 20 heavy (non-hydrogen) atoms. The van der Waals surface area contributed by atoms with Crippen LogP contribution in [0.3, 0.4) is 0 Å². The molecule has 0 fully saturated rings. The summed E-state index contributed by atoms with van der Waals surface area (Å²) in [5.74, 6) is 0. The molecule has 2 aromatic rings. The molecule has 1 aromatic heterocycles. The highest BCUT2D eigenvalue weighted by Gasteiger charge is 2.46. The first-order chi connectivity index (χ1) is 9.31. The Kier molecular flexibility index (Phi) is 2.71. The van der Waals surface area contributed by atoms with Gasteiger partial charge in [-0.1, -0.05) is 38.1 Å². The Morgan fingerprint density at radius 3 is 2.50 bits per heavy atom. The highest BCUT2D eigenvalue weighted by molar-refractivity contribution is 7.79. The highest BCUT2D eigenvalue weighted by atomic mass is 31.2. The Morgan fingerprint density at radius 1 is 1.20 bits per heavy atom. The van der Waals surface area contributed by atoms with E-state index in [-0.39, 0.29) is 11.2 Å². The molecule has 0 aliphatic carbocycles. The summed E-state index contributed by atoms with van der Waals surface area (Å²) in [6.45, 7) is 8.34. The molecule has 1 unspecified atom stereocenters. The highest BCUT2D eigenvalue weighted by Crippen LogP contribution is 2.55. The van der Waals surface area contributed by atoms with Gasteiger partial charge in [-0.05, 0) is 25.5 Å². The molecule has 1 atom stereocenters. The molecule has 0 saturated heterocycles. The van der Waals surface area contributed by atoms with E-state index >= 15 is 0 Å². The van der Waals surface area contributed by atoms with Gasteiger partial charge in [-0.3, -0.25) is 0 Å². The second kappa shape index (κ2) is 4.02. The largest absolute Gasteiger partial charge is 0.397 e. The number of aromatic nitrogens is 1. The third-order valence-electron chi connectivity index (χ3n) is 4.45. The van der Waals surface area contributed by atoms with Crippen LogP contribution in [-0.4, -0.2) is 10.2 Å². The second-order valence-corrected chi connectivity index (χ2v) is 9.55. The first-order valence-corrected chi connectivity index (χ1v) is 8.76. The van der Waals surface area contributed by atoms with Crippen molar-refractivity contribution in [2.24, 2.45) is 0 Å². The molecule has 4 heteroatoms. The van der Waals surface area contributed by atoms with Gasteiger partial charge in [0.2, 0.25) is 0 Å². The van der Waals surface area contributed by atoms with Crippen LogP contribution < -0.4 is 16.5 Å². The summed E-state index contributed by atoms with van der Waals surface area (Å²) in [4.78, 5) is 0. The molecule has 0 radical (unpaired) electrons. The van der Waals surface area contributed by atoms with Crippen molar-refractivity contribution < 1.29 is 4.57 Å². The van der Waals surface area contributed by atoms with Crippen LogP contribution in [0.25, 0.3) is 0 Å². The van der Waals surface area contributed by atoms with Crippen molar-refractivity contribution in [3.63, 3.8) is 0 Å². The van der Waals surface area contributed by atoms with Gasteiger partial charge < -0.3 is 14.9 Å². The van der Waals surface area contributed by atoms with Crippen molar-refractivity contribution in [3.8, 4) is 0 Å².